The fourth-order valence-electron chi connectivity index (χ4n) is 3.34. The minimum Gasteiger partial charge on any atom is -0.337 e. The minimum atomic E-state index is 0.00221. The van der Waals surface area contributed by atoms with Gasteiger partial charge in [-0.2, -0.15) is 11.3 Å². The summed E-state index contributed by atoms with van der Waals surface area (Å²) in [6, 6.07) is 7.48. The summed E-state index contributed by atoms with van der Waals surface area (Å²) in [5.74, 6) is 0.0536. The number of rotatable bonds is 2. The van der Waals surface area contributed by atoms with Crippen molar-refractivity contribution >= 4 is 34.2 Å². The maximum absolute atomic E-state index is 12.9. The van der Waals surface area contributed by atoms with E-state index in [1.807, 2.05) is 56.4 Å². The highest BCUT2D eigenvalue weighted by atomic mass is 32.1. The molecule has 134 valence electrons. The second-order valence-corrected chi connectivity index (χ2v) is 7.29. The number of fused-ring (bicyclic) bond motifs is 1. The summed E-state index contributed by atoms with van der Waals surface area (Å²) < 4.78 is 1.93. The van der Waals surface area contributed by atoms with Gasteiger partial charge in [0.15, 0.2) is 0 Å². The number of aryl methyl sites for hydroxylation is 1. The van der Waals surface area contributed by atoms with Crippen molar-refractivity contribution < 1.29 is 9.59 Å². The molecule has 1 aliphatic heterocycles. The summed E-state index contributed by atoms with van der Waals surface area (Å²) in [6.45, 7) is 2.45. The molecular weight excluding hydrogens is 348 g/mol. The number of amides is 2. The summed E-state index contributed by atoms with van der Waals surface area (Å²) in [5, 5.41) is 3.78. The van der Waals surface area contributed by atoms with Crippen LogP contribution in [0.3, 0.4) is 0 Å². The van der Waals surface area contributed by atoms with Crippen LogP contribution in [0.25, 0.3) is 11.0 Å². The monoisotopic (exact) mass is 368 g/mol. The van der Waals surface area contributed by atoms with Crippen molar-refractivity contribution in [3.05, 3.63) is 52.5 Å². The van der Waals surface area contributed by atoms with Crippen molar-refractivity contribution in [2.24, 2.45) is 7.05 Å². The Morgan fingerprint density at radius 2 is 1.73 bits per heavy atom. The van der Waals surface area contributed by atoms with Crippen molar-refractivity contribution in [1.82, 2.24) is 19.4 Å². The molecule has 1 aromatic carbocycles. The lowest BCUT2D eigenvalue weighted by Gasteiger charge is -2.22. The zero-order valence-electron chi connectivity index (χ0n) is 14.6. The van der Waals surface area contributed by atoms with Crippen LogP contribution in [0.1, 0.15) is 27.1 Å². The van der Waals surface area contributed by atoms with Crippen molar-refractivity contribution in [1.29, 1.82) is 0 Å². The van der Waals surface area contributed by atoms with Gasteiger partial charge >= 0.3 is 0 Å². The first-order chi connectivity index (χ1) is 12.6. The molecule has 0 radical (unpaired) electrons. The van der Waals surface area contributed by atoms with Gasteiger partial charge in [0.1, 0.15) is 0 Å². The van der Waals surface area contributed by atoms with Crippen molar-refractivity contribution in [2.75, 3.05) is 26.2 Å². The highest BCUT2D eigenvalue weighted by molar-refractivity contribution is 7.08. The Bertz CT molecular complexity index is 948. The van der Waals surface area contributed by atoms with Crippen LogP contribution in [0.5, 0.6) is 0 Å². The normalized spacial score (nSPS) is 15.3. The molecule has 0 bridgehead atoms. The number of aromatic nitrogens is 2. The molecule has 1 fully saturated rings. The Hall–Kier alpha value is -2.67. The molecule has 26 heavy (non-hydrogen) atoms. The Morgan fingerprint density at radius 3 is 2.42 bits per heavy atom. The molecule has 1 saturated heterocycles. The van der Waals surface area contributed by atoms with E-state index in [1.54, 1.807) is 6.33 Å². The van der Waals surface area contributed by atoms with Gasteiger partial charge in [0.2, 0.25) is 0 Å². The molecule has 0 saturated carbocycles. The number of nitrogens with zero attached hydrogens (tertiary/aromatic N) is 4. The van der Waals surface area contributed by atoms with Gasteiger partial charge in [-0.05, 0) is 36.1 Å². The number of carbonyl (C=O) groups is 2. The second-order valence-electron chi connectivity index (χ2n) is 6.51. The molecule has 0 unspecified atom stereocenters. The van der Waals surface area contributed by atoms with E-state index in [0.29, 0.717) is 31.7 Å². The zero-order valence-corrected chi connectivity index (χ0v) is 15.4. The number of carbonyl (C=O) groups excluding carboxylic acids is 2. The molecule has 7 heteroatoms. The summed E-state index contributed by atoms with van der Waals surface area (Å²) in [6.07, 6.45) is 2.53. The Balaban J connectivity index is 1.47. The lowest BCUT2D eigenvalue weighted by Crippen LogP contribution is -2.37. The van der Waals surface area contributed by atoms with E-state index in [2.05, 4.69) is 4.98 Å². The maximum Gasteiger partial charge on any atom is 0.254 e. The number of hydrogen-bond donors (Lipinski definition) is 0. The minimum absolute atomic E-state index is 0.00221. The highest BCUT2D eigenvalue weighted by Crippen LogP contribution is 2.17. The van der Waals surface area contributed by atoms with Gasteiger partial charge in [-0.15, -0.1) is 0 Å². The molecule has 0 atom stereocenters. The molecule has 0 aliphatic carbocycles. The van der Waals surface area contributed by atoms with Crippen molar-refractivity contribution in [3.8, 4) is 0 Å². The Labute approximate surface area is 155 Å². The number of benzene rings is 1. The fourth-order valence-corrected chi connectivity index (χ4v) is 3.97. The predicted octanol–water partition coefficient (Wildman–Crippen LogP) is 2.62. The molecule has 3 heterocycles. The Morgan fingerprint density at radius 1 is 1.00 bits per heavy atom. The second kappa shape index (κ2) is 6.92. The molecule has 0 N–H and O–H groups in total. The van der Waals surface area contributed by atoms with Crippen molar-refractivity contribution in [2.45, 2.75) is 6.42 Å². The summed E-state index contributed by atoms with van der Waals surface area (Å²) >= 11 is 1.52. The predicted molar refractivity (Wildman–Crippen MR) is 101 cm³/mol. The smallest absolute Gasteiger partial charge is 0.254 e. The molecule has 4 rings (SSSR count). The Kier molecular flexibility index (Phi) is 4.46. The third-order valence-electron chi connectivity index (χ3n) is 4.81. The van der Waals surface area contributed by atoms with E-state index in [-0.39, 0.29) is 11.8 Å². The maximum atomic E-state index is 12.9. The zero-order chi connectivity index (χ0) is 18.1. The van der Waals surface area contributed by atoms with Gasteiger partial charge in [-0.1, -0.05) is 0 Å². The van der Waals surface area contributed by atoms with E-state index in [9.17, 15) is 9.59 Å². The van der Waals surface area contributed by atoms with Crippen LogP contribution < -0.4 is 0 Å². The molecule has 3 aromatic rings. The lowest BCUT2D eigenvalue weighted by atomic mass is 10.1. The van der Waals surface area contributed by atoms with Gasteiger partial charge in [-0.3, -0.25) is 9.59 Å². The van der Waals surface area contributed by atoms with E-state index < -0.39 is 0 Å². The third-order valence-corrected chi connectivity index (χ3v) is 5.49. The van der Waals surface area contributed by atoms with Crippen LogP contribution in [0.4, 0.5) is 0 Å². The van der Waals surface area contributed by atoms with Crippen LogP contribution in [0, 0.1) is 0 Å². The van der Waals surface area contributed by atoms with Gasteiger partial charge < -0.3 is 14.4 Å². The third kappa shape index (κ3) is 3.10. The number of hydrogen-bond acceptors (Lipinski definition) is 4. The summed E-state index contributed by atoms with van der Waals surface area (Å²) in [5.41, 5.74) is 3.21. The molecule has 2 aromatic heterocycles. The first-order valence-corrected chi connectivity index (χ1v) is 9.59. The van der Waals surface area contributed by atoms with Gasteiger partial charge in [0.05, 0.1) is 22.9 Å². The summed E-state index contributed by atoms with van der Waals surface area (Å²) in [4.78, 5) is 33.4. The standard InChI is InChI=1S/C19H20N4O2S/c1-21-13-20-16-11-14(3-4-17(16)21)18(24)22-6-2-7-23(9-8-22)19(25)15-5-10-26-12-15/h3-5,10-13H,2,6-9H2,1H3. The SMILES string of the molecule is Cn1cnc2cc(C(=O)N3CCCN(C(=O)c4ccsc4)CC3)ccc21. The first kappa shape index (κ1) is 16.8. The number of imidazole rings is 1. The quantitative estimate of drug-likeness (QED) is 0.699. The van der Waals surface area contributed by atoms with Crippen molar-refractivity contribution in [3.63, 3.8) is 0 Å². The van der Waals surface area contributed by atoms with E-state index >= 15 is 0 Å². The van der Waals surface area contributed by atoms with Crippen LogP contribution in [-0.4, -0.2) is 57.3 Å². The first-order valence-electron chi connectivity index (χ1n) is 8.65. The average Bonchev–Trinajstić information content (AvgIpc) is 3.25. The van der Waals surface area contributed by atoms with Crippen LogP contribution in [0.2, 0.25) is 0 Å². The van der Waals surface area contributed by atoms with Gasteiger partial charge in [0.25, 0.3) is 11.8 Å². The highest BCUT2D eigenvalue weighted by Gasteiger charge is 2.24. The van der Waals surface area contributed by atoms with E-state index in [0.717, 1.165) is 23.0 Å². The van der Waals surface area contributed by atoms with Gasteiger partial charge in [0, 0.05) is 44.2 Å². The van der Waals surface area contributed by atoms with Crippen LogP contribution in [-0.2, 0) is 7.05 Å². The molecule has 6 nitrogen and oxygen atoms in total. The van der Waals surface area contributed by atoms with Gasteiger partial charge in [-0.25, -0.2) is 4.98 Å². The summed E-state index contributed by atoms with van der Waals surface area (Å²) in [7, 11) is 1.94. The number of thiophene rings is 1. The van der Waals surface area contributed by atoms with Crippen LogP contribution >= 0.6 is 11.3 Å². The molecular formula is C19H20N4O2S. The lowest BCUT2D eigenvalue weighted by molar-refractivity contribution is 0.0719. The molecule has 2 amide bonds. The largest absolute Gasteiger partial charge is 0.337 e. The van der Waals surface area contributed by atoms with E-state index in [4.69, 9.17) is 0 Å². The molecule has 0 spiro atoms. The van der Waals surface area contributed by atoms with Crippen LogP contribution in [0.15, 0.2) is 41.4 Å². The van der Waals surface area contributed by atoms with E-state index in [1.165, 1.54) is 11.3 Å². The molecule has 1 aliphatic rings. The topological polar surface area (TPSA) is 58.4 Å². The average molecular weight is 368 g/mol. The fraction of sp³-hybridized carbons (Fsp3) is 0.316.